The summed E-state index contributed by atoms with van der Waals surface area (Å²) in [6.07, 6.45) is 4.71. The Labute approximate surface area is 146 Å². The fourth-order valence-electron chi connectivity index (χ4n) is 4.04. The van der Waals surface area contributed by atoms with Gasteiger partial charge >= 0.3 is 0 Å². The van der Waals surface area contributed by atoms with E-state index in [9.17, 15) is 9.59 Å². The number of carbonyl (C=O) groups excluding carboxylic acids is 2. The molecule has 2 fully saturated rings. The first-order valence-corrected chi connectivity index (χ1v) is 8.77. The maximum Gasteiger partial charge on any atom is 0.227 e. The molecule has 0 radical (unpaired) electrons. The molecule has 0 bridgehead atoms. The van der Waals surface area contributed by atoms with Crippen molar-refractivity contribution in [1.82, 2.24) is 15.2 Å². The Kier molecular flexibility index (Phi) is 3.90. The van der Waals surface area contributed by atoms with Crippen molar-refractivity contribution < 1.29 is 14.3 Å². The van der Waals surface area contributed by atoms with E-state index in [2.05, 4.69) is 10.3 Å². The smallest absolute Gasteiger partial charge is 0.227 e. The number of ether oxygens (including phenoxy) is 1. The van der Waals surface area contributed by atoms with Gasteiger partial charge in [0.05, 0.1) is 13.5 Å². The summed E-state index contributed by atoms with van der Waals surface area (Å²) in [6.45, 7) is 2.23. The number of nitrogens with one attached hydrogen (secondary N) is 2. The number of methoxy groups -OCH3 is 1. The van der Waals surface area contributed by atoms with Crippen molar-refractivity contribution in [2.24, 2.45) is 5.41 Å². The zero-order valence-corrected chi connectivity index (χ0v) is 14.4. The van der Waals surface area contributed by atoms with E-state index in [1.54, 1.807) is 7.11 Å². The first-order valence-electron chi connectivity index (χ1n) is 8.77. The molecule has 0 saturated carbocycles. The van der Waals surface area contributed by atoms with E-state index in [-0.39, 0.29) is 17.2 Å². The number of amides is 2. The van der Waals surface area contributed by atoms with E-state index in [0.717, 1.165) is 54.7 Å². The lowest BCUT2D eigenvalue weighted by Gasteiger charge is -2.38. The molecule has 3 heterocycles. The highest BCUT2D eigenvalue weighted by Gasteiger charge is 2.41. The van der Waals surface area contributed by atoms with Gasteiger partial charge in [0.2, 0.25) is 11.8 Å². The molecule has 25 heavy (non-hydrogen) atoms. The number of rotatable bonds is 3. The molecule has 2 N–H and O–H groups in total. The highest BCUT2D eigenvalue weighted by molar-refractivity contribution is 5.89. The summed E-state index contributed by atoms with van der Waals surface area (Å²) < 4.78 is 5.29. The van der Waals surface area contributed by atoms with Gasteiger partial charge < -0.3 is 19.9 Å². The number of benzene rings is 1. The summed E-state index contributed by atoms with van der Waals surface area (Å²) in [4.78, 5) is 29.4. The first-order chi connectivity index (χ1) is 12.1. The molecule has 1 aromatic heterocycles. The average molecular weight is 341 g/mol. The molecule has 2 aromatic rings. The van der Waals surface area contributed by atoms with Gasteiger partial charge in [-0.1, -0.05) is 0 Å². The van der Waals surface area contributed by atoms with E-state index in [1.165, 1.54) is 0 Å². The summed E-state index contributed by atoms with van der Waals surface area (Å²) in [5.74, 6) is 1.09. The van der Waals surface area contributed by atoms with E-state index in [4.69, 9.17) is 4.74 Å². The fraction of sp³-hybridized carbons (Fsp3) is 0.474. The number of piperidine rings is 1. The third-order valence-corrected chi connectivity index (χ3v) is 5.69. The summed E-state index contributed by atoms with van der Waals surface area (Å²) in [7, 11) is 1.64. The summed E-state index contributed by atoms with van der Waals surface area (Å²) in [6, 6.07) is 5.85. The minimum atomic E-state index is 0.0714. The number of likely N-dealkylation sites (tertiary alicyclic amines) is 1. The minimum absolute atomic E-state index is 0.0714. The highest BCUT2D eigenvalue weighted by Crippen LogP contribution is 2.37. The van der Waals surface area contributed by atoms with Crippen LogP contribution in [0.15, 0.2) is 24.4 Å². The molecule has 0 atom stereocenters. The number of hydrogen-bond acceptors (Lipinski definition) is 3. The molecule has 132 valence electrons. The number of H-pyrrole nitrogens is 1. The Balaban J connectivity index is 1.44. The van der Waals surface area contributed by atoms with Crippen molar-refractivity contribution in [3.8, 4) is 5.75 Å². The molecular formula is C19H23N3O3. The highest BCUT2D eigenvalue weighted by atomic mass is 16.5. The van der Waals surface area contributed by atoms with Crippen LogP contribution < -0.4 is 10.1 Å². The maximum absolute atomic E-state index is 12.7. The van der Waals surface area contributed by atoms with Crippen LogP contribution in [0.5, 0.6) is 5.75 Å². The van der Waals surface area contributed by atoms with Crippen molar-refractivity contribution in [1.29, 1.82) is 0 Å². The molecule has 4 rings (SSSR count). The Morgan fingerprint density at radius 3 is 2.80 bits per heavy atom. The van der Waals surface area contributed by atoms with Gasteiger partial charge in [-0.25, -0.2) is 0 Å². The number of fused-ring (bicyclic) bond motifs is 1. The van der Waals surface area contributed by atoms with Crippen LogP contribution in [0.25, 0.3) is 10.9 Å². The van der Waals surface area contributed by atoms with Gasteiger partial charge in [0.25, 0.3) is 0 Å². The van der Waals surface area contributed by atoms with Crippen LogP contribution in [0.3, 0.4) is 0 Å². The summed E-state index contributed by atoms with van der Waals surface area (Å²) in [5.41, 5.74) is 2.08. The van der Waals surface area contributed by atoms with Crippen molar-refractivity contribution >= 4 is 22.7 Å². The molecule has 1 spiro atoms. The van der Waals surface area contributed by atoms with Crippen LogP contribution in [0.2, 0.25) is 0 Å². The quantitative estimate of drug-likeness (QED) is 0.895. The molecule has 0 aliphatic carbocycles. The lowest BCUT2D eigenvalue weighted by molar-refractivity contribution is -0.132. The minimum Gasteiger partial charge on any atom is -0.497 e. The number of aromatic nitrogens is 1. The molecule has 2 amide bonds. The molecule has 2 aliphatic heterocycles. The molecule has 1 aromatic carbocycles. The SMILES string of the molecule is COc1ccc2[nH]cc(CC(=O)N3CCC4(CC3)CNC(=O)C4)c2c1. The zero-order valence-electron chi connectivity index (χ0n) is 14.4. The number of aromatic amines is 1. The Morgan fingerprint density at radius 1 is 1.32 bits per heavy atom. The fourth-order valence-corrected chi connectivity index (χ4v) is 4.04. The summed E-state index contributed by atoms with van der Waals surface area (Å²) >= 11 is 0. The topological polar surface area (TPSA) is 74.4 Å². The van der Waals surface area contributed by atoms with Gasteiger partial charge in [0.15, 0.2) is 0 Å². The second-order valence-electron chi connectivity index (χ2n) is 7.24. The van der Waals surface area contributed by atoms with Gasteiger partial charge in [-0.2, -0.15) is 0 Å². The van der Waals surface area contributed by atoms with Gasteiger partial charge in [-0.05, 0) is 42.0 Å². The lowest BCUT2D eigenvalue weighted by Crippen LogP contribution is -2.44. The maximum atomic E-state index is 12.7. The molecule has 0 unspecified atom stereocenters. The molecule has 6 nitrogen and oxygen atoms in total. The van der Waals surface area contributed by atoms with Crippen LogP contribution in [0.1, 0.15) is 24.8 Å². The molecule has 6 heteroatoms. The van der Waals surface area contributed by atoms with E-state index < -0.39 is 0 Å². The third-order valence-electron chi connectivity index (χ3n) is 5.69. The second-order valence-corrected chi connectivity index (χ2v) is 7.24. The van der Waals surface area contributed by atoms with E-state index >= 15 is 0 Å². The normalized spacial score (nSPS) is 19.4. The van der Waals surface area contributed by atoms with Crippen LogP contribution in [0, 0.1) is 5.41 Å². The van der Waals surface area contributed by atoms with Crippen molar-refractivity contribution in [3.05, 3.63) is 30.0 Å². The molecule has 2 saturated heterocycles. The van der Waals surface area contributed by atoms with Gasteiger partial charge in [0, 0.05) is 43.2 Å². The predicted octanol–water partition coefficient (Wildman–Crippen LogP) is 1.85. The van der Waals surface area contributed by atoms with Crippen LogP contribution in [-0.2, 0) is 16.0 Å². The Morgan fingerprint density at radius 2 is 2.12 bits per heavy atom. The van der Waals surface area contributed by atoms with Crippen LogP contribution in [0.4, 0.5) is 0 Å². The van der Waals surface area contributed by atoms with Crippen molar-refractivity contribution in [2.45, 2.75) is 25.7 Å². The molecular weight excluding hydrogens is 318 g/mol. The standard InChI is InChI=1S/C19H23N3O3/c1-25-14-2-3-16-15(9-14)13(11-20-16)8-18(24)22-6-4-19(5-7-22)10-17(23)21-12-19/h2-3,9,11,20H,4-8,10,12H2,1H3,(H,21,23). The monoisotopic (exact) mass is 341 g/mol. The average Bonchev–Trinajstić information content (AvgIpc) is 3.19. The lowest BCUT2D eigenvalue weighted by atomic mass is 9.77. The van der Waals surface area contributed by atoms with E-state index in [1.807, 2.05) is 29.3 Å². The van der Waals surface area contributed by atoms with E-state index in [0.29, 0.717) is 12.8 Å². The van der Waals surface area contributed by atoms with Crippen molar-refractivity contribution in [3.63, 3.8) is 0 Å². The second kappa shape index (κ2) is 6.10. The number of nitrogens with zero attached hydrogens (tertiary/aromatic N) is 1. The number of hydrogen-bond donors (Lipinski definition) is 2. The number of carbonyl (C=O) groups is 2. The zero-order chi connectivity index (χ0) is 17.4. The Bertz CT molecular complexity index is 818. The predicted molar refractivity (Wildman–Crippen MR) is 94.4 cm³/mol. The molecule has 2 aliphatic rings. The van der Waals surface area contributed by atoms with Crippen LogP contribution in [-0.4, -0.2) is 48.4 Å². The van der Waals surface area contributed by atoms with Gasteiger partial charge in [0.1, 0.15) is 5.75 Å². The first kappa shape index (κ1) is 16.0. The van der Waals surface area contributed by atoms with Crippen molar-refractivity contribution in [2.75, 3.05) is 26.7 Å². The third kappa shape index (κ3) is 2.97. The van der Waals surface area contributed by atoms with Gasteiger partial charge in [-0.15, -0.1) is 0 Å². The Hall–Kier alpha value is -2.50. The van der Waals surface area contributed by atoms with Crippen LogP contribution >= 0.6 is 0 Å². The van der Waals surface area contributed by atoms with Gasteiger partial charge in [-0.3, -0.25) is 9.59 Å². The largest absolute Gasteiger partial charge is 0.497 e. The summed E-state index contributed by atoms with van der Waals surface area (Å²) in [5, 5.41) is 3.97.